The molecule has 1 aliphatic heterocycles. The van der Waals surface area contributed by atoms with Crippen molar-refractivity contribution in [2.24, 2.45) is 11.3 Å². The molecule has 0 aromatic rings. The predicted octanol–water partition coefficient (Wildman–Crippen LogP) is 2.89. The van der Waals surface area contributed by atoms with E-state index in [1.165, 1.54) is 45.3 Å². The maximum Gasteiger partial charge on any atom is 0.0243 e. The van der Waals surface area contributed by atoms with Crippen molar-refractivity contribution in [3.8, 4) is 0 Å². The van der Waals surface area contributed by atoms with Crippen LogP contribution in [0.2, 0.25) is 0 Å². The number of hydrogen-bond acceptors (Lipinski definition) is 2. The van der Waals surface area contributed by atoms with Gasteiger partial charge in [0, 0.05) is 18.6 Å². The van der Waals surface area contributed by atoms with Crippen LogP contribution in [0.3, 0.4) is 0 Å². The van der Waals surface area contributed by atoms with Gasteiger partial charge in [0.05, 0.1) is 0 Å². The van der Waals surface area contributed by atoms with Crippen molar-refractivity contribution >= 4 is 0 Å². The molecule has 3 atom stereocenters. The Balaban J connectivity index is 2.02. The van der Waals surface area contributed by atoms with Gasteiger partial charge in [-0.2, -0.15) is 0 Å². The molecule has 0 bridgehead atoms. The Hall–Kier alpha value is -0.0800. The third kappa shape index (κ3) is 3.23. The van der Waals surface area contributed by atoms with Crippen molar-refractivity contribution in [2.45, 2.75) is 65.5 Å². The summed E-state index contributed by atoms with van der Waals surface area (Å²) in [4.78, 5) is 2.79. The zero-order chi connectivity index (χ0) is 12.5. The maximum atomic E-state index is 3.75. The fourth-order valence-corrected chi connectivity index (χ4v) is 3.50. The summed E-state index contributed by atoms with van der Waals surface area (Å²) in [5.74, 6) is 0.911. The van der Waals surface area contributed by atoms with Gasteiger partial charge in [0.1, 0.15) is 0 Å². The van der Waals surface area contributed by atoms with Gasteiger partial charge in [0.25, 0.3) is 0 Å². The van der Waals surface area contributed by atoms with Crippen LogP contribution in [0.15, 0.2) is 0 Å². The molecule has 1 saturated carbocycles. The first-order chi connectivity index (χ1) is 7.98. The molecule has 1 heterocycles. The number of hydrogen-bond donors (Lipinski definition) is 1. The quantitative estimate of drug-likeness (QED) is 0.755. The summed E-state index contributed by atoms with van der Waals surface area (Å²) in [5.41, 5.74) is 0.379. The molecule has 17 heavy (non-hydrogen) atoms. The van der Waals surface area contributed by atoms with E-state index >= 15 is 0 Å². The fourth-order valence-electron chi connectivity index (χ4n) is 3.50. The summed E-state index contributed by atoms with van der Waals surface area (Å²) in [6.07, 6.45) is 5.62. The molecule has 0 aromatic carbocycles. The van der Waals surface area contributed by atoms with Crippen molar-refractivity contribution in [3.63, 3.8) is 0 Å². The minimum atomic E-state index is 0.379. The Morgan fingerprint density at radius 3 is 2.47 bits per heavy atom. The van der Waals surface area contributed by atoms with Crippen LogP contribution in [0.25, 0.3) is 0 Å². The summed E-state index contributed by atoms with van der Waals surface area (Å²) in [6.45, 7) is 13.3. The van der Waals surface area contributed by atoms with Crippen LogP contribution in [0.5, 0.6) is 0 Å². The lowest BCUT2D eigenvalue weighted by atomic mass is 9.86. The number of nitrogens with zero attached hydrogens (tertiary/aromatic N) is 1. The van der Waals surface area contributed by atoms with Crippen LogP contribution in [0.4, 0.5) is 0 Å². The summed E-state index contributed by atoms with van der Waals surface area (Å²) < 4.78 is 0. The highest BCUT2D eigenvalue weighted by molar-refractivity contribution is 4.91. The van der Waals surface area contributed by atoms with Crippen molar-refractivity contribution in [3.05, 3.63) is 0 Å². The second kappa shape index (κ2) is 5.27. The molecule has 2 aliphatic rings. The van der Waals surface area contributed by atoms with E-state index in [2.05, 4.69) is 37.9 Å². The van der Waals surface area contributed by atoms with Crippen LogP contribution in [0.1, 0.15) is 53.4 Å². The van der Waals surface area contributed by atoms with E-state index in [0.29, 0.717) is 11.5 Å². The van der Waals surface area contributed by atoms with E-state index in [9.17, 15) is 0 Å². The van der Waals surface area contributed by atoms with Gasteiger partial charge >= 0.3 is 0 Å². The Bertz CT molecular complexity index is 244. The molecular weight excluding hydrogens is 208 g/mol. The normalized spacial score (nSPS) is 37.1. The monoisotopic (exact) mass is 238 g/mol. The number of rotatable bonds is 1. The third-order valence-corrected chi connectivity index (χ3v) is 4.76. The SMILES string of the molecule is CC1CCCC1N1CCCNC(C(C)(C)C)C1. The molecule has 100 valence electrons. The lowest BCUT2D eigenvalue weighted by molar-refractivity contribution is 0.134. The van der Waals surface area contributed by atoms with Gasteiger partial charge in [-0.3, -0.25) is 4.90 Å². The van der Waals surface area contributed by atoms with Gasteiger partial charge in [0.15, 0.2) is 0 Å². The molecule has 1 aliphatic carbocycles. The van der Waals surface area contributed by atoms with Gasteiger partial charge in [-0.1, -0.05) is 34.1 Å². The molecule has 0 aromatic heterocycles. The minimum Gasteiger partial charge on any atom is -0.312 e. The molecule has 2 nitrogen and oxygen atoms in total. The molecule has 2 fully saturated rings. The topological polar surface area (TPSA) is 15.3 Å². The summed E-state index contributed by atoms with van der Waals surface area (Å²) in [7, 11) is 0. The van der Waals surface area contributed by atoms with Gasteiger partial charge in [-0.15, -0.1) is 0 Å². The van der Waals surface area contributed by atoms with Gasteiger partial charge < -0.3 is 5.32 Å². The van der Waals surface area contributed by atoms with Crippen molar-refractivity contribution in [1.29, 1.82) is 0 Å². The Labute approximate surface area is 107 Å². The Kier molecular flexibility index (Phi) is 4.14. The fraction of sp³-hybridized carbons (Fsp3) is 1.00. The molecule has 1 N–H and O–H groups in total. The zero-order valence-electron chi connectivity index (χ0n) is 12.1. The summed E-state index contributed by atoms with van der Waals surface area (Å²) >= 11 is 0. The van der Waals surface area contributed by atoms with Crippen LogP contribution in [0, 0.1) is 11.3 Å². The summed E-state index contributed by atoms with van der Waals surface area (Å²) in [5, 5.41) is 3.75. The van der Waals surface area contributed by atoms with Crippen LogP contribution in [-0.2, 0) is 0 Å². The van der Waals surface area contributed by atoms with E-state index in [-0.39, 0.29) is 0 Å². The van der Waals surface area contributed by atoms with Crippen molar-refractivity contribution in [2.75, 3.05) is 19.6 Å². The lowest BCUT2D eigenvalue weighted by Crippen LogP contribution is -2.49. The smallest absolute Gasteiger partial charge is 0.0243 e. The maximum absolute atomic E-state index is 3.75. The molecule has 0 amide bonds. The molecule has 0 spiro atoms. The number of nitrogens with one attached hydrogen (secondary N) is 1. The Morgan fingerprint density at radius 2 is 1.88 bits per heavy atom. The largest absolute Gasteiger partial charge is 0.312 e. The molecule has 3 unspecified atom stereocenters. The first-order valence-electron chi connectivity index (χ1n) is 7.46. The highest BCUT2D eigenvalue weighted by Gasteiger charge is 2.34. The summed E-state index contributed by atoms with van der Waals surface area (Å²) in [6, 6.07) is 1.51. The van der Waals surface area contributed by atoms with Crippen LogP contribution >= 0.6 is 0 Å². The van der Waals surface area contributed by atoms with E-state index < -0.39 is 0 Å². The van der Waals surface area contributed by atoms with E-state index in [0.717, 1.165) is 12.0 Å². The average Bonchev–Trinajstić information content (AvgIpc) is 2.53. The zero-order valence-corrected chi connectivity index (χ0v) is 12.1. The minimum absolute atomic E-state index is 0.379. The van der Waals surface area contributed by atoms with Crippen LogP contribution < -0.4 is 5.32 Å². The standard InChI is InChI=1S/C15H30N2/c1-12-7-5-8-13(12)17-10-6-9-16-14(11-17)15(2,3)4/h12-14,16H,5-11H2,1-4H3. The van der Waals surface area contributed by atoms with Gasteiger partial charge in [0.2, 0.25) is 0 Å². The highest BCUT2D eigenvalue weighted by Crippen LogP contribution is 2.31. The lowest BCUT2D eigenvalue weighted by Gasteiger charge is -2.37. The van der Waals surface area contributed by atoms with Crippen molar-refractivity contribution in [1.82, 2.24) is 10.2 Å². The van der Waals surface area contributed by atoms with Gasteiger partial charge in [-0.25, -0.2) is 0 Å². The second-order valence-electron chi connectivity index (χ2n) is 7.20. The molecule has 1 saturated heterocycles. The Morgan fingerprint density at radius 1 is 1.12 bits per heavy atom. The average molecular weight is 238 g/mol. The molecule has 0 radical (unpaired) electrons. The predicted molar refractivity (Wildman–Crippen MR) is 74.2 cm³/mol. The van der Waals surface area contributed by atoms with E-state index in [4.69, 9.17) is 0 Å². The van der Waals surface area contributed by atoms with Crippen LogP contribution in [-0.4, -0.2) is 36.6 Å². The van der Waals surface area contributed by atoms with Gasteiger partial charge in [-0.05, 0) is 43.7 Å². The first kappa shape index (κ1) is 13.4. The second-order valence-corrected chi connectivity index (χ2v) is 7.20. The highest BCUT2D eigenvalue weighted by atomic mass is 15.2. The van der Waals surface area contributed by atoms with E-state index in [1.54, 1.807) is 0 Å². The molecule has 2 rings (SSSR count). The molecular formula is C15H30N2. The first-order valence-corrected chi connectivity index (χ1v) is 7.46. The third-order valence-electron chi connectivity index (χ3n) is 4.76. The van der Waals surface area contributed by atoms with Crippen molar-refractivity contribution < 1.29 is 0 Å². The molecule has 2 heteroatoms. The van der Waals surface area contributed by atoms with E-state index in [1.807, 2.05) is 0 Å².